The largest absolute Gasteiger partial charge is 0.346 e. The Bertz CT molecular complexity index is 499. The topological polar surface area (TPSA) is 17.0 Å². The van der Waals surface area contributed by atoms with E-state index < -0.39 is 0 Å². The van der Waals surface area contributed by atoms with Crippen LogP contribution in [0.4, 0.5) is 0 Å². The van der Waals surface area contributed by atoms with Gasteiger partial charge in [-0.3, -0.25) is 0 Å². The maximum absolute atomic E-state index is 3.58. The molecule has 2 nitrogen and oxygen atoms in total. The lowest BCUT2D eigenvalue weighted by atomic mass is 10.2. The van der Waals surface area contributed by atoms with Crippen molar-refractivity contribution in [3.05, 3.63) is 36.0 Å². The minimum atomic E-state index is 0.624. The van der Waals surface area contributed by atoms with Crippen LogP contribution in [0, 0.1) is 6.92 Å². The highest BCUT2D eigenvalue weighted by Gasteiger charge is 2.02. The number of nitrogens with zero attached hydrogens (tertiary/aromatic N) is 1. The lowest BCUT2D eigenvalue weighted by molar-refractivity contribution is 0.489. The highest BCUT2D eigenvalue weighted by molar-refractivity contribution is 5.80. The van der Waals surface area contributed by atoms with Crippen molar-refractivity contribution >= 4 is 10.9 Å². The van der Waals surface area contributed by atoms with Gasteiger partial charge in [0.25, 0.3) is 0 Å². The van der Waals surface area contributed by atoms with Crippen LogP contribution in [0.25, 0.3) is 10.9 Å². The van der Waals surface area contributed by atoms with Crippen molar-refractivity contribution in [2.75, 3.05) is 6.54 Å². The number of aromatic nitrogens is 1. The average Bonchev–Trinajstić information content (AvgIpc) is 2.72. The van der Waals surface area contributed by atoms with Crippen molar-refractivity contribution in [2.45, 2.75) is 46.2 Å². The zero-order valence-corrected chi connectivity index (χ0v) is 11.7. The molecule has 98 valence electrons. The first-order valence-electron chi connectivity index (χ1n) is 6.99. The van der Waals surface area contributed by atoms with Crippen molar-refractivity contribution in [1.29, 1.82) is 0 Å². The second-order valence-electron chi connectivity index (χ2n) is 5.22. The molecule has 0 aliphatic carbocycles. The summed E-state index contributed by atoms with van der Waals surface area (Å²) < 4.78 is 2.34. The Morgan fingerprint density at radius 2 is 2.11 bits per heavy atom. The van der Waals surface area contributed by atoms with Gasteiger partial charge in [0.2, 0.25) is 0 Å². The summed E-state index contributed by atoms with van der Waals surface area (Å²) >= 11 is 0. The molecule has 0 saturated heterocycles. The van der Waals surface area contributed by atoms with Crippen molar-refractivity contribution in [3.63, 3.8) is 0 Å². The molecular weight excluding hydrogens is 220 g/mol. The molecule has 0 fully saturated rings. The van der Waals surface area contributed by atoms with Gasteiger partial charge in [0, 0.05) is 30.8 Å². The van der Waals surface area contributed by atoms with Crippen LogP contribution < -0.4 is 5.32 Å². The van der Waals surface area contributed by atoms with E-state index in [0.29, 0.717) is 6.04 Å². The van der Waals surface area contributed by atoms with E-state index in [9.17, 15) is 0 Å². The molecule has 18 heavy (non-hydrogen) atoms. The molecule has 1 aromatic heterocycles. The normalized spacial score (nSPS) is 13.1. The third kappa shape index (κ3) is 3.14. The summed E-state index contributed by atoms with van der Waals surface area (Å²) in [6.07, 6.45) is 4.70. The van der Waals surface area contributed by atoms with E-state index in [1.165, 1.54) is 29.3 Å². The maximum Gasteiger partial charge on any atom is 0.0483 e. The van der Waals surface area contributed by atoms with Crippen LogP contribution in [0.5, 0.6) is 0 Å². The van der Waals surface area contributed by atoms with E-state index in [2.05, 4.69) is 61.1 Å². The van der Waals surface area contributed by atoms with E-state index in [1.807, 2.05) is 0 Å². The number of benzene rings is 1. The van der Waals surface area contributed by atoms with Crippen molar-refractivity contribution in [1.82, 2.24) is 9.88 Å². The predicted octanol–water partition coefficient (Wildman–Crippen LogP) is 3.73. The molecule has 0 radical (unpaired) electrons. The molecule has 0 aliphatic heterocycles. The van der Waals surface area contributed by atoms with Crippen LogP contribution in [0.2, 0.25) is 0 Å². The molecule has 1 heterocycles. The fraction of sp³-hybridized carbons (Fsp3) is 0.500. The Hall–Kier alpha value is -1.28. The fourth-order valence-electron chi connectivity index (χ4n) is 2.46. The molecule has 0 saturated carbocycles. The van der Waals surface area contributed by atoms with Crippen molar-refractivity contribution in [3.8, 4) is 0 Å². The van der Waals surface area contributed by atoms with Gasteiger partial charge < -0.3 is 9.88 Å². The molecule has 1 aromatic carbocycles. The van der Waals surface area contributed by atoms with E-state index in [4.69, 9.17) is 0 Å². The van der Waals surface area contributed by atoms with Gasteiger partial charge in [-0.2, -0.15) is 0 Å². The molecule has 2 rings (SSSR count). The van der Waals surface area contributed by atoms with Crippen LogP contribution in [-0.2, 0) is 6.54 Å². The molecule has 2 heteroatoms. The highest BCUT2D eigenvalue weighted by Crippen LogP contribution is 2.17. The van der Waals surface area contributed by atoms with Gasteiger partial charge >= 0.3 is 0 Å². The summed E-state index contributed by atoms with van der Waals surface area (Å²) in [5.74, 6) is 0. The zero-order valence-electron chi connectivity index (χ0n) is 11.7. The van der Waals surface area contributed by atoms with Gasteiger partial charge in [-0.15, -0.1) is 0 Å². The number of hydrogen-bond donors (Lipinski definition) is 1. The third-order valence-electron chi connectivity index (χ3n) is 3.50. The minimum Gasteiger partial charge on any atom is -0.346 e. The van der Waals surface area contributed by atoms with Crippen LogP contribution in [0.15, 0.2) is 30.5 Å². The van der Waals surface area contributed by atoms with Gasteiger partial charge in [-0.05, 0) is 43.4 Å². The molecule has 0 amide bonds. The average molecular weight is 244 g/mol. The Morgan fingerprint density at radius 1 is 1.28 bits per heavy atom. The summed E-state index contributed by atoms with van der Waals surface area (Å²) in [7, 11) is 0. The number of rotatable bonds is 6. The molecule has 1 N–H and O–H groups in total. The smallest absolute Gasteiger partial charge is 0.0483 e. The summed E-state index contributed by atoms with van der Waals surface area (Å²) in [5, 5.41) is 4.92. The quantitative estimate of drug-likeness (QED) is 0.819. The predicted molar refractivity (Wildman–Crippen MR) is 79.0 cm³/mol. The Kier molecular flexibility index (Phi) is 4.43. The third-order valence-corrected chi connectivity index (χ3v) is 3.50. The van der Waals surface area contributed by atoms with Gasteiger partial charge in [0.15, 0.2) is 0 Å². The minimum absolute atomic E-state index is 0.624. The molecule has 0 aliphatic rings. The second kappa shape index (κ2) is 6.05. The lowest BCUT2D eigenvalue weighted by Gasteiger charge is -2.13. The molecule has 2 aromatic rings. The van der Waals surface area contributed by atoms with Crippen LogP contribution in [0.3, 0.4) is 0 Å². The Morgan fingerprint density at radius 3 is 2.89 bits per heavy atom. The monoisotopic (exact) mass is 244 g/mol. The standard InChI is InChI=1S/C16H24N2/c1-4-5-14(3)17-9-11-18-10-8-15-7-6-13(2)12-16(15)18/h6-8,10,12,14,17H,4-5,9,11H2,1-3H3. The van der Waals surface area contributed by atoms with Crippen LogP contribution in [-0.4, -0.2) is 17.2 Å². The lowest BCUT2D eigenvalue weighted by Crippen LogP contribution is -2.29. The van der Waals surface area contributed by atoms with Crippen LogP contribution in [0.1, 0.15) is 32.3 Å². The summed E-state index contributed by atoms with van der Waals surface area (Å²) in [6.45, 7) is 8.74. The van der Waals surface area contributed by atoms with Gasteiger partial charge in [-0.25, -0.2) is 0 Å². The van der Waals surface area contributed by atoms with E-state index >= 15 is 0 Å². The van der Waals surface area contributed by atoms with Gasteiger partial charge in [-0.1, -0.05) is 25.5 Å². The molecule has 1 unspecified atom stereocenters. The SMILES string of the molecule is CCCC(C)NCCn1ccc2ccc(C)cc21. The van der Waals surface area contributed by atoms with E-state index in [1.54, 1.807) is 0 Å². The number of fused-ring (bicyclic) bond motifs is 1. The number of aryl methyl sites for hydroxylation is 1. The summed E-state index contributed by atoms with van der Waals surface area (Å²) in [4.78, 5) is 0. The first-order chi connectivity index (χ1) is 8.70. The van der Waals surface area contributed by atoms with E-state index in [0.717, 1.165) is 13.1 Å². The fourth-order valence-corrected chi connectivity index (χ4v) is 2.46. The molecule has 1 atom stereocenters. The van der Waals surface area contributed by atoms with Gasteiger partial charge in [0.05, 0.1) is 0 Å². The van der Waals surface area contributed by atoms with Crippen molar-refractivity contribution < 1.29 is 0 Å². The van der Waals surface area contributed by atoms with Gasteiger partial charge in [0.1, 0.15) is 0 Å². The second-order valence-corrected chi connectivity index (χ2v) is 5.22. The first kappa shape index (κ1) is 13.2. The molecular formula is C16H24N2. The van der Waals surface area contributed by atoms with E-state index in [-0.39, 0.29) is 0 Å². The van der Waals surface area contributed by atoms with Crippen LogP contribution >= 0.6 is 0 Å². The Balaban J connectivity index is 1.97. The Labute approximate surface area is 110 Å². The summed E-state index contributed by atoms with van der Waals surface area (Å²) in [5.41, 5.74) is 2.68. The zero-order chi connectivity index (χ0) is 13.0. The maximum atomic E-state index is 3.58. The summed E-state index contributed by atoms with van der Waals surface area (Å²) in [6, 6.07) is 9.47. The number of nitrogens with one attached hydrogen (secondary N) is 1. The highest BCUT2D eigenvalue weighted by atomic mass is 15.0. The number of hydrogen-bond acceptors (Lipinski definition) is 1. The molecule has 0 spiro atoms. The molecule has 0 bridgehead atoms. The van der Waals surface area contributed by atoms with Crippen molar-refractivity contribution in [2.24, 2.45) is 0 Å². The first-order valence-corrected chi connectivity index (χ1v) is 6.99.